The van der Waals surface area contributed by atoms with E-state index in [-0.39, 0.29) is 11.7 Å². The largest absolute Gasteiger partial charge is 0.381 e. The summed E-state index contributed by atoms with van der Waals surface area (Å²) in [6.45, 7) is 0. The van der Waals surface area contributed by atoms with Crippen LogP contribution in [0.15, 0.2) is 33.7 Å². The highest BCUT2D eigenvalue weighted by atomic mass is 79.9. The third kappa shape index (κ3) is 2.50. The number of halogens is 1. The first-order valence-electron chi connectivity index (χ1n) is 7.88. The van der Waals surface area contributed by atoms with E-state index in [0.717, 1.165) is 52.1 Å². The summed E-state index contributed by atoms with van der Waals surface area (Å²) in [6.07, 6.45) is 5.98. The van der Waals surface area contributed by atoms with Crippen molar-refractivity contribution >= 4 is 37.9 Å². The fourth-order valence-electron chi connectivity index (χ4n) is 3.67. The summed E-state index contributed by atoms with van der Waals surface area (Å²) in [5.41, 5.74) is 2.62. The summed E-state index contributed by atoms with van der Waals surface area (Å²) < 4.78 is 8.37. The standard InChI is InChI=1S/C17H18BrN3O2/c1-23-12-5-3-11(4-6-12)21-16-13-8-10(18)2-7-14(13)19-9-15(16)20-17(21)22/h2,7-9,11-12H,3-6H2,1H3,(H,20,22)/t11-,12+. The fourth-order valence-corrected chi connectivity index (χ4v) is 4.03. The van der Waals surface area contributed by atoms with Crippen molar-refractivity contribution in [3.63, 3.8) is 0 Å². The number of fused-ring (bicyclic) bond motifs is 3. The number of hydrogen-bond donors (Lipinski definition) is 1. The molecule has 1 saturated carbocycles. The van der Waals surface area contributed by atoms with Gasteiger partial charge >= 0.3 is 5.69 Å². The van der Waals surface area contributed by atoms with Crippen molar-refractivity contribution in [1.29, 1.82) is 0 Å². The van der Waals surface area contributed by atoms with Crippen LogP contribution in [0.1, 0.15) is 31.7 Å². The van der Waals surface area contributed by atoms with Gasteiger partial charge in [-0.05, 0) is 43.9 Å². The van der Waals surface area contributed by atoms with Crippen molar-refractivity contribution in [2.75, 3.05) is 7.11 Å². The summed E-state index contributed by atoms with van der Waals surface area (Å²) >= 11 is 3.52. The van der Waals surface area contributed by atoms with Crippen molar-refractivity contribution in [3.05, 3.63) is 39.4 Å². The lowest BCUT2D eigenvalue weighted by Crippen LogP contribution is -2.28. The maximum atomic E-state index is 12.6. The molecule has 23 heavy (non-hydrogen) atoms. The van der Waals surface area contributed by atoms with Gasteiger partial charge in [-0.3, -0.25) is 9.55 Å². The Hall–Kier alpha value is -1.66. The number of hydrogen-bond acceptors (Lipinski definition) is 3. The molecule has 0 aliphatic heterocycles. The zero-order chi connectivity index (χ0) is 16.0. The number of imidazole rings is 1. The van der Waals surface area contributed by atoms with Crippen molar-refractivity contribution in [3.8, 4) is 0 Å². The van der Waals surface area contributed by atoms with E-state index in [4.69, 9.17) is 4.74 Å². The first-order valence-corrected chi connectivity index (χ1v) is 8.68. The molecule has 2 aromatic heterocycles. The summed E-state index contributed by atoms with van der Waals surface area (Å²) in [4.78, 5) is 20.0. The second kappa shape index (κ2) is 5.76. The molecule has 120 valence electrons. The van der Waals surface area contributed by atoms with Crippen LogP contribution in [0.3, 0.4) is 0 Å². The van der Waals surface area contributed by atoms with Crippen LogP contribution in [0.25, 0.3) is 21.9 Å². The Morgan fingerprint density at radius 1 is 1.30 bits per heavy atom. The Bertz CT molecular complexity index is 923. The molecule has 1 N–H and O–H groups in total. The number of aromatic amines is 1. The number of H-pyrrole nitrogens is 1. The number of methoxy groups -OCH3 is 1. The van der Waals surface area contributed by atoms with Crippen LogP contribution >= 0.6 is 15.9 Å². The highest BCUT2D eigenvalue weighted by Crippen LogP contribution is 2.33. The van der Waals surface area contributed by atoms with E-state index in [1.54, 1.807) is 13.3 Å². The molecule has 3 aromatic rings. The van der Waals surface area contributed by atoms with E-state index < -0.39 is 0 Å². The van der Waals surface area contributed by atoms with Crippen LogP contribution in [0.2, 0.25) is 0 Å². The lowest BCUT2D eigenvalue weighted by molar-refractivity contribution is 0.0586. The summed E-state index contributed by atoms with van der Waals surface area (Å²) in [5.74, 6) is 0. The molecule has 0 bridgehead atoms. The number of nitrogens with one attached hydrogen (secondary N) is 1. The maximum absolute atomic E-state index is 12.6. The van der Waals surface area contributed by atoms with Crippen molar-refractivity contribution in [2.24, 2.45) is 0 Å². The average molecular weight is 376 g/mol. The molecule has 1 aromatic carbocycles. The molecule has 1 aliphatic carbocycles. The van der Waals surface area contributed by atoms with E-state index in [1.807, 2.05) is 22.8 Å². The SMILES string of the molecule is CO[C@H]1CC[C@@H](n2c(=O)[nH]c3cnc4ccc(Br)cc4c32)CC1. The van der Waals surface area contributed by atoms with Crippen LogP contribution < -0.4 is 5.69 Å². The molecule has 5 nitrogen and oxygen atoms in total. The topological polar surface area (TPSA) is 59.9 Å². The van der Waals surface area contributed by atoms with Gasteiger partial charge in [-0.15, -0.1) is 0 Å². The van der Waals surface area contributed by atoms with E-state index in [1.165, 1.54) is 0 Å². The molecule has 0 radical (unpaired) electrons. The van der Waals surface area contributed by atoms with E-state index >= 15 is 0 Å². The molecule has 0 amide bonds. The second-order valence-corrected chi connectivity index (χ2v) is 7.06. The van der Waals surface area contributed by atoms with Crippen LogP contribution in [-0.2, 0) is 4.74 Å². The zero-order valence-corrected chi connectivity index (χ0v) is 14.5. The minimum Gasteiger partial charge on any atom is -0.381 e. The summed E-state index contributed by atoms with van der Waals surface area (Å²) in [6, 6.07) is 6.20. The summed E-state index contributed by atoms with van der Waals surface area (Å²) in [5, 5.41) is 1.00. The van der Waals surface area contributed by atoms with E-state index in [9.17, 15) is 4.79 Å². The van der Waals surface area contributed by atoms with Crippen molar-refractivity contribution in [2.45, 2.75) is 37.8 Å². The third-order valence-electron chi connectivity index (χ3n) is 4.85. The van der Waals surface area contributed by atoms with Crippen LogP contribution in [-0.4, -0.2) is 27.7 Å². The van der Waals surface area contributed by atoms with Crippen LogP contribution in [0.5, 0.6) is 0 Å². The third-order valence-corrected chi connectivity index (χ3v) is 5.34. The van der Waals surface area contributed by atoms with Gasteiger partial charge in [-0.25, -0.2) is 4.79 Å². The number of ether oxygens (including phenoxy) is 1. The smallest absolute Gasteiger partial charge is 0.326 e. The van der Waals surface area contributed by atoms with Gasteiger partial charge in [0.15, 0.2) is 0 Å². The van der Waals surface area contributed by atoms with Gasteiger partial charge in [0.25, 0.3) is 0 Å². The van der Waals surface area contributed by atoms with Crippen LogP contribution in [0.4, 0.5) is 0 Å². The van der Waals surface area contributed by atoms with Gasteiger partial charge in [-0.1, -0.05) is 15.9 Å². The first-order chi connectivity index (χ1) is 11.2. The van der Waals surface area contributed by atoms with Gasteiger partial charge in [0.1, 0.15) is 0 Å². The minimum absolute atomic E-state index is 0.0462. The predicted molar refractivity (Wildman–Crippen MR) is 93.9 cm³/mol. The molecule has 0 saturated heterocycles. The molecule has 1 fully saturated rings. The number of aromatic nitrogens is 3. The van der Waals surface area contributed by atoms with Gasteiger partial charge < -0.3 is 9.72 Å². The number of nitrogens with zero attached hydrogens (tertiary/aromatic N) is 2. The maximum Gasteiger partial charge on any atom is 0.326 e. The monoisotopic (exact) mass is 375 g/mol. The quantitative estimate of drug-likeness (QED) is 0.741. The fraction of sp³-hybridized carbons (Fsp3) is 0.412. The molecular weight excluding hydrogens is 358 g/mol. The predicted octanol–water partition coefficient (Wildman–Crippen LogP) is 3.77. The van der Waals surface area contributed by atoms with Gasteiger partial charge in [-0.2, -0.15) is 0 Å². The zero-order valence-electron chi connectivity index (χ0n) is 12.9. The van der Waals surface area contributed by atoms with Crippen LogP contribution in [0, 0.1) is 0 Å². The van der Waals surface area contributed by atoms with E-state index in [2.05, 4.69) is 25.9 Å². The lowest BCUT2D eigenvalue weighted by Gasteiger charge is -2.28. The van der Waals surface area contributed by atoms with E-state index in [0.29, 0.717) is 6.10 Å². The number of benzene rings is 1. The molecule has 0 spiro atoms. The minimum atomic E-state index is -0.0462. The Balaban J connectivity index is 1.90. The highest BCUT2D eigenvalue weighted by Gasteiger charge is 2.25. The number of pyridine rings is 1. The van der Waals surface area contributed by atoms with Gasteiger partial charge in [0.05, 0.1) is 28.9 Å². The highest BCUT2D eigenvalue weighted by molar-refractivity contribution is 9.10. The Morgan fingerprint density at radius 3 is 2.83 bits per heavy atom. The second-order valence-electron chi connectivity index (χ2n) is 6.15. The van der Waals surface area contributed by atoms with Gasteiger partial charge in [0.2, 0.25) is 0 Å². The molecule has 0 unspecified atom stereocenters. The molecule has 1 aliphatic rings. The Labute approximate surface area is 141 Å². The lowest BCUT2D eigenvalue weighted by atomic mass is 9.92. The molecule has 2 heterocycles. The molecule has 4 rings (SSSR count). The molecular formula is C17H18BrN3O2. The van der Waals surface area contributed by atoms with Crippen molar-refractivity contribution in [1.82, 2.24) is 14.5 Å². The Morgan fingerprint density at radius 2 is 2.09 bits per heavy atom. The van der Waals surface area contributed by atoms with Crippen molar-refractivity contribution < 1.29 is 4.74 Å². The summed E-state index contributed by atoms with van der Waals surface area (Å²) in [7, 11) is 1.76. The average Bonchev–Trinajstić information content (AvgIpc) is 2.91. The normalized spacial score (nSPS) is 22.0. The van der Waals surface area contributed by atoms with Gasteiger partial charge in [0, 0.05) is 23.0 Å². The molecule has 6 heteroatoms. The number of rotatable bonds is 2. The Kier molecular flexibility index (Phi) is 3.73. The molecule has 0 atom stereocenters. The first kappa shape index (κ1) is 14.9.